The van der Waals surface area contributed by atoms with Crippen molar-refractivity contribution in [3.05, 3.63) is 82.3 Å². The minimum Gasteiger partial charge on any atom is -0.495 e. The number of amides is 1. The molecular formula is C20H16Cl2N2O4S. The third-order valence-electron chi connectivity index (χ3n) is 3.91. The van der Waals surface area contributed by atoms with E-state index in [1.807, 2.05) is 0 Å². The number of hydrogen-bond donors (Lipinski definition) is 2. The van der Waals surface area contributed by atoms with Crippen molar-refractivity contribution in [2.24, 2.45) is 0 Å². The standard InChI is InChI=1S/C20H16Cl2N2O4S/c1-28-19-10-9-17(29(26,27)24-16-4-2-3-15(22)11-16)12-18(19)23-20(25)13-5-7-14(21)8-6-13/h2-12,24H,1H3,(H,23,25). The number of hydrogen-bond acceptors (Lipinski definition) is 4. The van der Waals surface area contributed by atoms with Gasteiger partial charge in [0.1, 0.15) is 5.75 Å². The fourth-order valence-corrected chi connectivity index (χ4v) is 3.91. The number of benzene rings is 3. The van der Waals surface area contributed by atoms with Crippen LogP contribution < -0.4 is 14.8 Å². The molecule has 3 aromatic carbocycles. The zero-order valence-corrected chi connectivity index (χ0v) is 17.5. The molecule has 0 spiro atoms. The maximum absolute atomic E-state index is 12.7. The predicted octanol–water partition coefficient (Wildman–Crippen LogP) is 5.06. The van der Waals surface area contributed by atoms with Gasteiger partial charge in [-0.2, -0.15) is 0 Å². The highest BCUT2D eigenvalue weighted by Gasteiger charge is 2.18. The van der Waals surface area contributed by atoms with E-state index in [2.05, 4.69) is 10.0 Å². The molecule has 2 N–H and O–H groups in total. The van der Waals surface area contributed by atoms with E-state index >= 15 is 0 Å². The lowest BCUT2D eigenvalue weighted by atomic mass is 10.2. The van der Waals surface area contributed by atoms with Crippen molar-refractivity contribution < 1.29 is 17.9 Å². The first kappa shape index (κ1) is 21.0. The van der Waals surface area contributed by atoms with E-state index in [0.29, 0.717) is 27.0 Å². The Morgan fingerprint density at radius 1 is 0.931 bits per heavy atom. The molecule has 6 nitrogen and oxygen atoms in total. The molecule has 0 aromatic heterocycles. The first-order valence-electron chi connectivity index (χ1n) is 8.32. The van der Waals surface area contributed by atoms with Gasteiger partial charge in [-0.1, -0.05) is 29.3 Å². The zero-order chi connectivity index (χ0) is 21.0. The van der Waals surface area contributed by atoms with Crippen LogP contribution in [0, 0.1) is 0 Å². The average molecular weight is 451 g/mol. The summed E-state index contributed by atoms with van der Waals surface area (Å²) in [7, 11) is -2.49. The normalized spacial score (nSPS) is 11.0. The van der Waals surface area contributed by atoms with Crippen molar-refractivity contribution in [3.63, 3.8) is 0 Å². The lowest BCUT2D eigenvalue weighted by Gasteiger charge is -2.13. The van der Waals surface area contributed by atoms with Gasteiger partial charge in [0.05, 0.1) is 23.4 Å². The summed E-state index contributed by atoms with van der Waals surface area (Å²) in [4.78, 5) is 12.4. The molecule has 0 radical (unpaired) electrons. The molecule has 3 aromatic rings. The van der Waals surface area contributed by atoms with Crippen LogP contribution in [0.1, 0.15) is 10.4 Å². The van der Waals surface area contributed by atoms with Crippen molar-refractivity contribution in [2.75, 3.05) is 17.1 Å². The van der Waals surface area contributed by atoms with Crippen LogP contribution in [0.4, 0.5) is 11.4 Å². The fraction of sp³-hybridized carbons (Fsp3) is 0.0500. The first-order chi connectivity index (χ1) is 13.8. The summed E-state index contributed by atoms with van der Waals surface area (Å²) < 4.78 is 33.2. The van der Waals surface area contributed by atoms with E-state index < -0.39 is 15.9 Å². The van der Waals surface area contributed by atoms with Crippen molar-refractivity contribution in [1.82, 2.24) is 0 Å². The van der Waals surface area contributed by atoms with E-state index in [-0.39, 0.29) is 10.6 Å². The Morgan fingerprint density at radius 2 is 1.66 bits per heavy atom. The highest BCUT2D eigenvalue weighted by atomic mass is 35.5. The van der Waals surface area contributed by atoms with Gasteiger partial charge in [-0.05, 0) is 60.7 Å². The molecule has 0 unspecified atom stereocenters. The van der Waals surface area contributed by atoms with Gasteiger partial charge in [0.15, 0.2) is 0 Å². The summed E-state index contributed by atoms with van der Waals surface area (Å²) in [5, 5.41) is 3.56. The second kappa shape index (κ2) is 8.73. The summed E-state index contributed by atoms with van der Waals surface area (Å²) in [5.41, 5.74) is 0.892. The van der Waals surface area contributed by atoms with Crippen molar-refractivity contribution in [2.45, 2.75) is 4.90 Å². The molecule has 0 saturated carbocycles. The Labute approximate surface area is 178 Å². The largest absolute Gasteiger partial charge is 0.495 e. The van der Waals surface area contributed by atoms with E-state index in [4.69, 9.17) is 27.9 Å². The molecule has 0 aliphatic rings. The van der Waals surface area contributed by atoms with Crippen LogP contribution >= 0.6 is 23.2 Å². The van der Waals surface area contributed by atoms with E-state index in [9.17, 15) is 13.2 Å². The zero-order valence-electron chi connectivity index (χ0n) is 15.1. The van der Waals surface area contributed by atoms with Gasteiger partial charge in [0, 0.05) is 15.6 Å². The average Bonchev–Trinajstić information content (AvgIpc) is 2.68. The lowest BCUT2D eigenvalue weighted by molar-refractivity contribution is 0.102. The third-order valence-corrected chi connectivity index (χ3v) is 5.78. The van der Waals surface area contributed by atoms with E-state index in [1.54, 1.807) is 42.5 Å². The SMILES string of the molecule is COc1ccc(S(=O)(=O)Nc2cccc(Cl)c2)cc1NC(=O)c1ccc(Cl)cc1. The van der Waals surface area contributed by atoms with Crippen LogP contribution in [0.15, 0.2) is 71.6 Å². The number of halogens is 2. The number of methoxy groups -OCH3 is 1. The second-order valence-corrected chi connectivity index (χ2v) is 8.49. The molecule has 0 saturated heterocycles. The number of nitrogens with one attached hydrogen (secondary N) is 2. The van der Waals surface area contributed by atoms with Gasteiger partial charge in [0.25, 0.3) is 15.9 Å². The molecule has 0 heterocycles. The maximum Gasteiger partial charge on any atom is 0.261 e. The maximum atomic E-state index is 12.7. The summed E-state index contributed by atoms with van der Waals surface area (Å²) >= 11 is 11.7. The van der Waals surface area contributed by atoms with Gasteiger partial charge in [0.2, 0.25) is 0 Å². The summed E-state index contributed by atoms with van der Waals surface area (Å²) in [6, 6.07) is 16.8. The first-order valence-corrected chi connectivity index (χ1v) is 10.6. The highest BCUT2D eigenvalue weighted by molar-refractivity contribution is 7.92. The lowest BCUT2D eigenvalue weighted by Crippen LogP contribution is -2.15. The van der Waals surface area contributed by atoms with Crippen LogP contribution in [0.5, 0.6) is 5.75 Å². The van der Waals surface area contributed by atoms with Gasteiger partial charge >= 0.3 is 0 Å². The molecule has 0 aliphatic carbocycles. The van der Waals surface area contributed by atoms with Gasteiger partial charge in [-0.15, -0.1) is 0 Å². The van der Waals surface area contributed by atoms with Gasteiger partial charge in [-0.3, -0.25) is 9.52 Å². The molecule has 0 aliphatic heterocycles. The molecule has 3 rings (SSSR count). The Kier molecular flexibility index (Phi) is 6.32. The number of rotatable bonds is 6. The van der Waals surface area contributed by atoms with Crippen LogP contribution in [-0.2, 0) is 10.0 Å². The minimum absolute atomic E-state index is 0.0512. The fourth-order valence-electron chi connectivity index (χ4n) is 2.51. The Morgan fingerprint density at radius 3 is 2.31 bits per heavy atom. The van der Waals surface area contributed by atoms with Crippen LogP contribution in [0.25, 0.3) is 0 Å². The third kappa shape index (κ3) is 5.20. The second-order valence-electron chi connectivity index (χ2n) is 5.94. The Bertz CT molecular complexity index is 1150. The van der Waals surface area contributed by atoms with Crippen molar-refractivity contribution in [3.8, 4) is 5.75 Å². The number of carbonyl (C=O) groups excluding carboxylic acids is 1. The van der Waals surface area contributed by atoms with E-state index in [0.717, 1.165) is 0 Å². The highest BCUT2D eigenvalue weighted by Crippen LogP contribution is 2.29. The molecule has 150 valence electrons. The minimum atomic E-state index is -3.92. The predicted molar refractivity (Wildman–Crippen MR) is 115 cm³/mol. The van der Waals surface area contributed by atoms with Crippen molar-refractivity contribution >= 4 is 50.5 Å². The van der Waals surface area contributed by atoms with Crippen molar-refractivity contribution in [1.29, 1.82) is 0 Å². The van der Waals surface area contributed by atoms with Crippen LogP contribution in [-0.4, -0.2) is 21.4 Å². The van der Waals surface area contributed by atoms with E-state index in [1.165, 1.54) is 31.4 Å². The van der Waals surface area contributed by atoms with Gasteiger partial charge in [-0.25, -0.2) is 8.42 Å². The van der Waals surface area contributed by atoms with Crippen LogP contribution in [0.3, 0.4) is 0 Å². The molecule has 1 amide bonds. The quantitative estimate of drug-likeness (QED) is 0.549. The molecule has 9 heteroatoms. The summed E-state index contributed by atoms with van der Waals surface area (Å²) in [6.45, 7) is 0. The monoisotopic (exact) mass is 450 g/mol. The van der Waals surface area contributed by atoms with Gasteiger partial charge < -0.3 is 10.1 Å². The molecule has 0 fully saturated rings. The number of carbonyl (C=O) groups is 1. The summed E-state index contributed by atoms with van der Waals surface area (Å²) in [6.07, 6.45) is 0. The topological polar surface area (TPSA) is 84.5 Å². The molecule has 0 bridgehead atoms. The number of sulfonamides is 1. The van der Waals surface area contributed by atoms with Crippen LogP contribution in [0.2, 0.25) is 10.0 Å². The molecule has 29 heavy (non-hydrogen) atoms. The molecular weight excluding hydrogens is 435 g/mol. The summed E-state index contributed by atoms with van der Waals surface area (Å²) in [5.74, 6) is -0.119. The number of ether oxygens (including phenoxy) is 1. The number of anilines is 2. The Hall–Kier alpha value is -2.74. The molecule has 0 atom stereocenters. The Balaban J connectivity index is 1.89. The smallest absolute Gasteiger partial charge is 0.261 e.